The van der Waals surface area contributed by atoms with Crippen LogP contribution in [0.1, 0.15) is 18.6 Å². The van der Waals surface area contributed by atoms with Crippen LogP contribution < -0.4 is 0 Å². The van der Waals surface area contributed by atoms with Crippen molar-refractivity contribution in [1.82, 2.24) is 0 Å². The molecule has 0 fully saturated rings. The summed E-state index contributed by atoms with van der Waals surface area (Å²) >= 11 is 2.95. The SMILES string of the molecule is CCS(=O)(=O)[C@H](Br)[C@@H](O)c1ccc(F)cc1. The van der Waals surface area contributed by atoms with E-state index in [-0.39, 0.29) is 5.75 Å². The van der Waals surface area contributed by atoms with E-state index in [1.54, 1.807) is 0 Å². The Hall–Kier alpha value is -0.460. The predicted octanol–water partition coefficient (Wildman–Crippen LogP) is 2.01. The van der Waals surface area contributed by atoms with Gasteiger partial charge in [-0.2, -0.15) is 0 Å². The lowest BCUT2D eigenvalue weighted by molar-refractivity contribution is 0.195. The highest BCUT2D eigenvalue weighted by molar-refractivity contribution is 9.11. The third kappa shape index (κ3) is 3.02. The van der Waals surface area contributed by atoms with Crippen molar-refractivity contribution in [3.05, 3.63) is 35.6 Å². The summed E-state index contributed by atoms with van der Waals surface area (Å²) in [7, 11) is -3.38. The molecular weight excluding hydrogens is 299 g/mol. The van der Waals surface area contributed by atoms with Crippen LogP contribution in [0.4, 0.5) is 4.39 Å². The maximum absolute atomic E-state index is 12.6. The van der Waals surface area contributed by atoms with Gasteiger partial charge in [-0.3, -0.25) is 0 Å². The summed E-state index contributed by atoms with van der Waals surface area (Å²) in [6.07, 6.45) is -1.20. The minimum Gasteiger partial charge on any atom is -0.386 e. The number of halogens is 2. The van der Waals surface area contributed by atoms with Crippen molar-refractivity contribution in [2.75, 3.05) is 5.75 Å². The minimum absolute atomic E-state index is 0.0683. The molecule has 0 aliphatic heterocycles. The van der Waals surface area contributed by atoms with Crippen molar-refractivity contribution in [2.24, 2.45) is 0 Å². The monoisotopic (exact) mass is 310 g/mol. The lowest BCUT2D eigenvalue weighted by atomic mass is 10.1. The number of aliphatic hydroxyl groups excluding tert-OH is 1. The summed E-state index contributed by atoms with van der Waals surface area (Å²) < 4.78 is 34.6. The molecule has 0 aliphatic carbocycles. The Morgan fingerprint density at radius 2 is 1.88 bits per heavy atom. The fourth-order valence-electron chi connectivity index (χ4n) is 1.17. The molecule has 0 aliphatic rings. The number of aliphatic hydroxyl groups is 1. The Labute approximate surface area is 102 Å². The average Bonchev–Trinajstić information content (AvgIpc) is 2.28. The van der Waals surface area contributed by atoms with Gasteiger partial charge in [0.15, 0.2) is 9.84 Å². The lowest BCUT2D eigenvalue weighted by Crippen LogP contribution is -2.24. The molecule has 16 heavy (non-hydrogen) atoms. The van der Waals surface area contributed by atoms with Crippen LogP contribution in [0, 0.1) is 5.82 Å². The molecule has 0 unspecified atom stereocenters. The van der Waals surface area contributed by atoms with Gasteiger partial charge in [-0.15, -0.1) is 0 Å². The van der Waals surface area contributed by atoms with E-state index >= 15 is 0 Å². The van der Waals surface area contributed by atoms with Crippen molar-refractivity contribution >= 4 is 25.8 Å². The maximum Gasteiger partial charge on any atom is 0.165 e. The van der Waals surface area contributed by atoms with Crippen LogP contribution in [0.2, 0.25) is 0 Å². The van der Waals surface area contributed by atoms with E-state index < -0.39 is 25.9 Å². The largest absolute Gasteiger partial charge is 0.386 e. The summed E-state index contributed by atoms with van der Waals surface area (Å²) in [5, 5.41) is 9.80. The third-order valence-corrected chi connectivity index (χ3v) is 6.16. The van der Waals surface area contributed by atoms with E-state index in [1.807, 2.05) is 0 Å². The molecule has 90 valence electrons. The zero-order valence-electron chi connectivity index (χ0n) is 8.60. The van der Waals surface area contributed by atoms with Gasteiger partial charge in [0.2, 0.25) is 0 Å². The molecule has 0 spiro atoms. The molecule has 1 aromatic carbocycles. The number of hydrogen-bond donors (Lipinski definition) is 1. The zero-order chi connectivity index (χ0) is 12.3. The first kappa shape index (κ1) is 13.6. The van der Waals surface area contributed by atoms with Crippen LogP contribution in [-0.4, -0.2) is 23.4 Å². The Morgan fingerprint density at radius 1 is 1.38 bits per heavy atom. The molecule has 1 N–H and O–H groups in total. The smallest absolute Gasteiger partial charge is 0.165 e. The predicted molar refractivity (Wildman–Crippen MR) is 63.5 cm³/mol. The van der Waals surface area contributed by atoms with Crippen molar-refractivity contribution in [1.29, 1.82) is 0 Å². The zero-order valence-corrected chi connectivity index (χ0v) is 11.0. The highest BCUT2D eigenvalue weighted by Gasteiger charge is 2.29. The summed E-state index contributed by atoms with van der Waals surface area (Å²) in [6.45, 7) is 1.50. The number of rotatable bonds is 4. The highest BCUT2D eigenvalue weighted by Crippen LogP contribution is 2.27. The van der Waals surface area contributed by atoms with Crippen molar-refractivity contribution in [3.8, 4) is 0 Å². The Morgan fingerprint density at radius 3 is 2.31 bits per heavy atom. The van der Waals surface area contributed by atoms with Gasteiger partial charge in [-0.05, 0) is 17.7 Å². The molecule has 0 amide bonds. The van der Waals surface area contributed by atoms with Crippen LogP contribution >= 0.6 is 15.9 Å². The number of benzene rings is 1. The Kier molecular flexibility index (Phi) is 4.46. The summed E-state index contributed by atoms with van der Waals surface area (Å²) in [4.78, 5) is 0. The van der Waals surface area contributed by atoms with Gasteiger partial charge in [-0.25, -0.2) is 12.8 Å². The van der Waals surface area contributed by atoms with Crippen molar-refractivity contribution in [2.45, 2.75) is 17.2 Å². The fourth-order valence-corrected chi connectivity index (χ4v) is 3.13. The normalized spacial score (nSPS) is 15.8. The van der Waals surface area contributed by atoms with Crippen LogP contribution in [0.25, 0.3) is 0 Å². The molecule has 0 aromatic heterocycles. The van der Waals surface area contributed by atoms with Gasteiger partial charge in [0.25, 0.3) is 0 Å². The molecule has 3 nitrogen and oxygen atoms in total. The first-order valence-corrected chi connectivity index (χ1v) is 7.30. The van der Waals surface area contributed by atoms with Gasteiger partial charge in [0.05, 0.1) is 0 Å². The second-order valence-corrected chi connectivity index (χ2v) is 7.30. The quantitative estimate of drug-likeness (QED) is 0.866. The van der Waals surface area contributed by atoms with Gasteiger partial charge < -0.3 is 5.11 Å². The molecule has 1 rings (SSSR count). The first-order valence-electron chi connectivity index (χ1n) is 4.67. The van der Waals surface area contributed by atoms with Gasteiger partial charge in [0.1, 0.15) is 16.1 Å². The number of sulfone groups is 1. The first-order chi connectivity index (χ1) is 7.38. The fraction of sp³-hybridized carbons (Fsp3) is 0.400. The number of alkyl halides is 1. The number of hydrogen-bond acceptors (Lipinski definition) is 3. The molecule has 1 aromatic rings. The molecular formula is C10H12BrFO3S. The van der Waals surface area contributed by atoms with E-state index in [9.17, 15) is 17.9 Å². The molecule has 0 bridgehead atoms. The van der Waals surface area contributed by atoms with E-state index in [4.69, 9.17) is 0 Å². The molecule has 0 heterocycles. The topological polar surface area (TPSA) is 54.4 Å². The molecule has 0 saturated heterocycles. The Bertz CT molecular complexity index is 444. The van der Waals surface area contributed by atoms with Crippen molar-refractivity contribution in [3.63, 3.8) is 0 Å². The van der Waals surface area contributed by atoms with Crippen LogP contribution in [0.15, 0.2) is 24.3 Å². The standard InChI is InChI=1S/C10H12BrFO3S/c1-2-16(14,15)10(11)9(13)7-3-5-8(12)6-4-7/h3-6,9-10,13H,2H2,1H3/t9-,10-/m0/s1. The second kappa shape index (κ2) is 5.25. The van der Waals surface area contributed by atoms with E-state index in [2.05, 4.69) is 15.9 Å². The minimum atomic E-state index is -3.38. The van der Waals surface area contributed by atoms with Gasteiger partial charge in [0, 0.05) is 5.75 Å². The van der Waals surface area contributed by atoms with E-state index in [0.717, 1.165) is 0 Å². The summed E-state index contributed by atoms with van der Waals surface area (Å²) in [5.74, 6) is -0.498. The molecule has 0 saturated carbocycles. The lowest BCUT2D eigenvalue weighted by Gasteiger charge is -2.17. The van der Waals surface area contributed by atoms with E-state index in [1.165, 1.54) is 31.2 Å². The van der Waals surface area contributed by atoms with Crippen LogP contribution in [-0.2, 0) is 9.84 Å². The Balaban J connectivity index is 2.94. The van der Waals surface area contributed by atoms with Crippen molar-refractivity contribution < 1.29 is 17.9 Å². The van der Waals surface area contributed by atoms with E-state index in [0.29, 0.717) is 5.56 Å². The van der Waals surface area contributed by atoms with Gasteiger partial charge in [-0.1, -0.05) is 35.0 Å². The van der Waals surface area contributed by atoms with Crippen LogP contribution in [0.3, 0.4) is 0 Å². The highest BCUT2D eigenvalue weighted by atomic mass is 79.9. The summed E-state index contributed by atoms with van der Waals surface area (Å²) in [5.41, 5.74) is 0.361. The third-order valence-electron chi connectivity index (χ3n) is 2.21. The molecule has 6 heteroatoms. The molecule has 0 radical (unpaired) electrons. The second-order valence-electron chi connectivity index (χ2n) is 3.30. The maximum atomic E-state index is 12.6. The van der Waals surface area contributed by atoms with Crippen LogP contribution in [0.5, 0.6) is 0 Å². The average molecular weight is 311 g/mol. The molecule has 2 atom stereocenters. The summed E-state index contributed by atoms with van der Waals surface area (Å²) in [6, 6.07) is 5.08. The van der Waals surface area contributed by atoms with Gasteiger partial charge >= 0.3 is 0 Å².